The molecule has 102 valence electrons. The van der Waals surface area contributed by atoms with Crippen molar-refractivity contribution in [1.29, 1.82) is 0 Å². The number of H-pyrrole nitrogens is 1. The number of nitrogen functional groups attached to an aromatic ring is 1. The number of hydrogen-bond donors (Lipinski definition) is 1. The number of aromatic amines is 1. The van der Waals surface area contributed by atoms with E-state index in [0.717, 1.165) is 34.5 Å². The number of pyridine rings is 1. The zero-order valence-corrected chi connectivity index (χ0v) is 12.3. The third-order valence-corrected chi connectivity index (χ3v) is 4.96. The number of nitrogens with one attached hydrogen (secondary N) is 1. The van der Waals surface area contributed by atoms with Gasteiger partial charge in [0.05, 0.1) is 11.1 Å². The van der Waals surface area contributed by atoms with Crippen LogP contribution in [0.5, 0.6) is 0 Å². The predicted molar refractivity (Wildman–Crippen MR) is 82.9 cm³/mol. The lowest BCUT2D eigenvalue weighted by Gasteiger charge is -2.33. The number of aromatic nitrogens is 1. The van der Waals surface area contributed by atoms with Crippen LogP contribution in [0.1, 0.15) is 36.9 Å². The third-order valence-electron chi connectivity index (χ3n) is 4.72. The standard InChI is InChI=1S/C17H17ClN2/c1-9-4-10-6-11(5-9)16-15(7-10)20-14-8-12(18)2-3-13(14)17(16)19/h2-4,8,10-11H,5-7H2,1H3,(H2,19,20)/p+1. The second-order valence-electron chi connectivity index (χ2n) is 6.23. The zero-order valence-electron chi connectivity index (χ0n) is 11.5. The number of anilines is 1. The molecule has 2 nitrogen and oxygen atoms in total. The maximum Gasteiger partial charge on any atom is 0.214 e. The maximum atomic E-state index is 6.49. The first-order valence-electron chi connectivity index (χ1n) is 7.22. The van der Waals surface area contributed by atoms with Crippen LogP contribution >= 0.6 is 11.6 Å². The number of fused-ring (bicyclic) bond motifs is 5. The Morgan fingerprint density at radius 2 is 2.15 bits per heavy atom. The lowest BCUT2D eigenvalue weighted by molar-refractivity contribution is -0.360. The number of allylic oxidation sites excluding steroid dienone is 2. The van der Waals surface area contributed by atoms with Crippen LogP contribution in [0.15, 0.2) is 29.8 Å². The van der Waals surface area contributed by atoms with Crippen molar-refractivity contribution in [2.75, 3.05) is 5.73 Å². The molecule has 2 aromatic rings. The summed E-state index contributed by atoms with van der Waals surface area (Å²) in [6.07, 6.45) is 5.88. The first kappa shape index (κ1) is 12.2. The molecule has 0 aliphatic heterocycles. The number of halogens is 1. The highest BCUT2D eigenvalue weighted by molar-refractivity contribution is 6.31. The van der Waals surface area contributed by atoms with E-state index >= 15 is 0 Å². The molecule has 1 heterocycles. The van der Waals surface area contributed by atoms with Gasteiger partial charge in [0, 0.05) is 23.1 Å². The summed E-state index contributed by atoms with van der Waals surface area (Å²) in [5, 5.41) is 1.85. The van der Waals surface area contributed by atoms with E-state index < -0.39 is 0 Å². The van der Waals surface area contributed by atoms with E-state index in [1.165, 1.54) is 23.3 Å². The molecule has 0 amide bonds. The number of hydrogen-bond acceptors (Lipinski definition) is 1. The van der Waals surface area contributed by atoms with Gasteiger partial charge < -0.3 is 5.73 Å². The van der Waals surface area contributed by atoms with Crippen molar-refractivity contribution in [2.45, 2.75) is 32.1 Å². The SMILES string of the molecule is CC1=CC2Cc3[nH+]c4cc(Cl)ccc4c(N)c3C(C1)C2. The lowest BCUT2D eigenvalue weighted by Crippen LogP contribution is -2.29. The topological polar surface area (TPSA) is 40.2 Å². The fraction of sp³-hybridized carbons (Fsp3) is 0.353. The summed E-state index contributed by atoms with van der Waals surface area (Å²) < 4.78 is 0. The van der Waals surface area contributed by atoms with E-state index in [1.807, 2.05) is 18.2 Å². The summed E-state index contributed by atoms with van der Waals surface area (Å²) >= 11 is 6.10. The molecule has 2 aliphatic carbocycles. The van der Waals surface area contributed by atoms with E-state index in [-0.39, 0.29) is 0 Å². The molecular formula is C17H18ClN2+. The van der Waals surface area contributed by atoms with Crippen molar-refractivity contribution in [3.05, 3.63) is 46.1 Å². The largest absolute Gasteiger partial charge is 0.398 e. The Balaban J connectivity index is 1.97. The van der Waals surface area contributed by atoms with Gasteiger partial charge in [0.25, 0.3) is 0 Å². The number of rotatable bonds is 0. The quantitative estimate of drug-likeness (QED) is 0.733. The highest BCUT2D eigenvalue weighted by Crippen LogP contribution is 2.45. The Hall–Kier alpha value is -1.54. The molecule has 2 aliphatic rings. The second-order valence-corrected chi connectivity index (χ2v) is 6.67. The van der Waals surface area contributed by atoms with Gasteiger partial charge in [0.15, 0.2) is 5.69 Å². The molecule has 2 unspecified atom stereocenters. The predicted octanol–water partition coefficient (Wildman–Crippen LogP) is 3.89. The van der Waals surface area contributed by atoms with Gasteiger partial charge in [-0.3, -0.25) is 0 Å². The van der Waals surface area contributed by atoms with E-state index in [9.17, 15) is 0 Å². The molecule has 0 saturated carbocycles. The molecule has 0 saturated heterocycles. The molecule has 0 spiro atoms. The van der Waals surface area contributed by atoms with Crippen LogP contribution < -0.4 is 10.7 Å². The zero-order chi connectivity index (χ0) is 13.9. The highest BCUT2D eigenvalue weighted by Gasteiger charge is 2.35. The minimum absolute atomic E-state index is 0.574. The molecule has 2 atom stereocenters. The molecule has 0 fully saturated rings. The molecule has 4 rings (SSSR count). The summed E-state index contributed by atoms with van der Waals surface area (Å²) in [6.45, 7) is 2.24. The number of nitrogens with two attached hydrogens (primary N) is 1. The lowest BCUT2D eigenvalue weighted by atomic mass is 9.71. The average Bonchev–Trinajstić information content (AvgIpc) is 2.36. The second kappa shape index (κ2) is 4.23. The Labute approximate surface area is 123 Å². The van der Waals surface area contributed by atoms with Crippen molar-refractivity contribution in [2.24, 2.45) is 5.92 Å². The Morgan fingerprint density at radius 1 is 1.30 bits per heavy atom. The molecule has 2 bridgehead atoms. The average molecular weight is 286 g/mol. The summed E-state index contributed by atoms with van der Waals surface area (Å²) in [4.78, 5) is 3.58. The number of benzene rings is 1. The van der Waals surface area contributed by atoms with Gasteiger partial charge in [-0.1, -0.05) is 23.3 Å². The molecule has 1 aromatic carbocycles. The van der Waals surface area contributed by atoms with Gasteiger partial charge in [0.2, 0.25) is 5.52 Å². The fourth-order valence-corrected chi connectivity index (χ4v) is 4.19. The minimum Gasteiger partial charge on any atom is -0.398 e. The molecule has 0 radical (unpaired) electrons. The normalized spacial score (nSPS) is 24.4. The van der Waals surface area contributed by atoms with E-state index in [4.69, 9.17) is 17.3 Å². The van der Waals surface area contributed by atoms with Gasteiger partial charge in [0.1, 0.15) is 0 Å². The van der Waals surface area contributed by atoms with Gasteiger partial charge in [-0.15, -0.1) is 0 Å². The van der Waals surface area contributed by atoms with Crippen molar-refractivity contribution in [1.82, 2.24) is 0 Å². The highest BCUT2D eigenvalue weighted by atomic mass is 35.5. The van der Waals surface area contributed by atoms with E-state index in [1.54, 1.807) is 0 Å². The van der Waals surface area contributed by atoms with Crippen molar-refractivity contribution >= 4 is 28.2 Å². The molecule has 3 heteroatoms. The molecule has 1 aromatic heterocycles. The van der Waals surface area contributed by atoms with Crippen LogP contribution in [0.25, 0.3) is 10.9 Å². The maximum absolute atomic E-state index is 6.49. The van der Waals surface area contributed by atoms with Crippen LogP contribution in [-0.2, 0) is 6.42 Å². The fourth-order valence-electron chi connectivity index (χ4n) is 4.02. The Morgan fingerprint density at radius 3 is 3.00 bits per heavy atom. The van der Waals surface area contributed by atoms with Crippen LogP contribution in [0.3, 0.4) is 0 Å². The van der Waals surface area contributed by atoms with Crippen molar-refractivity contribution in [3.8, 4) is 0 Å². The monoisotopic (exact) mass is 285 g/mol. The van der Waals surface area contributed by atoms with Crippen LogP contribution in [0.2, 0.25) is 5.02 Å². The Bertz CT molecular complexity index is 748. The third kappa shape index (κ3) is 1.75. The molecule has 3 N–H and O–H groups in total. The Kier molecular flexibility index (Phi) is 2.58. The smallest absolute Gasteiger partial charge is 0.214 e. The first-order chi connectivity index (χ1) is 9.61. The first-order valence-corrected chi connectivity index (χ1v) is 7.59. The van der Waals surface area contributed by atoms with Crippen LogP contribution in [0.4, 0.5) is 5.69 Å². The van der Waals surface area contributed by atoms with Crippen molar-refractivity contribution in [3.63, 3.8) is 0 Å². The summed E-state index contributed by atoms with van der Waals surface area (Å²) in [5.41, 5.74) is 12.7. The van der Waals surface area contributed by atoms with Gasteiger partial charge in [-0.2, -0.15) is 0 Å². The van der Waals surface area contributed by atoms with Gasteiger partial charge in [-0.25, -0.2) is 4.98 Å². The van der Waals surface area contributed by atoms with E-state index in [2.05, 4.69) is 18.0 Å². The van der Waals surface area contributed by atoms with Gasteiger partial charge in [-0.05, 0) is 43.7 Å². The minimum atomic E-state index is 0.574. The van der Waals surface area contributed by atoms with Crippen LogP contribution in [0, 0.1) is 5.92 Å². The summed E-state index contributed by atoms with van der Waals surface area (Å²) in [7, 11) is 0. The van der Waals surface area contributed by atoms with Crippen molar-refractivity contribution < 1.29 is 4.98 Å². The van der Waals surface area contributed by atoms with Crippen LogP contribution in [-0.4, -0.2) is 0 Å². The van der Waals surface area contributed by atoms with E-state index in [0.29, 0.717) is 11.8 Å². The summed E-state index contributed by atoms with van der Waals surface area (Å²) in [5.74, 6) is 1.23. The molecular weight excluding hydrogens is 268 g/mol. The molecule has 20 heavy (non-hydrogen) atoms. The van der Waals surface area contributed by atoms with Gasteiger partial charge >= 0.3 is 0 Å². The summed E-state index contributed by atoms with van der Waals surface area (Å²) in [6, 6.07) is 5.92.